The number of anilines is 1. The summed E-state index contributed by atoms with van der Waals surface area (Å²) in [6.45, 7) is 1.52. The molecule has 1 aliphatic heterocycles. The number of aromatic hydroxyl groups is 1. The van der Waals surface area contributed by atoms with Crippen LogP contribution in [0.25, 0.3) is 5.76 Å². The van der Waals surface area contributed by atoms with E-state index in [1.54, 1.807) is 24.3 Å². The molecule has 0 aliphatic carbocycles. The van der Waals surface area contributed by atoms with Gasteiger partial charge in [-0.3, -0.25) is 14.5 Å². The first-order valence-electron chi connectivity index (χ1n) is 9.50. The summed E-state index contributed by atoms with van der Waals surface area (Å²) in [5.74, 6) is -2.86. The number of carbonyl (C=O) groups excluding carboxylic acids is 2. The maximum absolute atomic E-state index is 13.7. The maximum atomic E-state index is 13.7. The van der Waals surface area contributed by atoms with Gasteiger partial charge in [0.05, 0.1) is 16.6 Å². The minimum atomic E-state index is -1.04. The molecule has 1 unspecified atom stereocenters. The quantitative estimate of drug-likeness (QED) is 0.288. The number of hydrogen-bond donors (Lipinski definition) is 2. The Bertz CT molecular complexity index is 1290. The molecule has 3 aromatic rings. The third kappa shape index (κ3) is 3.72. The molecule has 8 heteroatoms. The van der Waals surface area contributed by atoms with Crippen LogP contribution >= 0.6 is 23.2 Å². The third-order valence-electron chi connectivity index (χ3n) is 5.27. The van der Waals surface area contributed by atoms with Crippen molar-refractivity contribution in [1.82, 2.24) is 0 Å². The maximum Gasteiger partial charge on any atom is 0.300 e. The zero-order chi connectivity index (χ0) is 23.2. The molecule has 0 bridgehead atoms. The molecule has 1 amide bonds. The average Bonchev–Trinajstić information content (AvgIpc) is 3.03. The lowest BCUT2D eigenvalue weighted by Gasteiger charge is -2.25. The zero-order valence-corrected chi connectivity index (χ0v) is 18.2. The number of phenolic OH excluding ortho intramolecular Hbond substituents is 1. The van der Waals surface area contributed by atoms with Gasteiger partial charge < -0.3 is 10.2 Å². The third-order valence-corrected chi connectivity index (χ3v) is 5.82. The highest BCUT2D eigenvalue weighted by Crippen LogP contribution is 2.43. The number of carbonyl (C=O) groups is 2. The lowest BCUT2D eigenvalue weighted by Crippen LogP contribution is -2.29. The van der Waals surface area contributed by atoms with E-state index in [-0.39, 0.29) is 27.5 Å². The molecule has 2 N–H and O–H groups in total. The van der Waals surface area contributed by atoms with Crippen molar-refractivity contribution < 1.29 is 24.2 Å². The summed E-state index contributed by atoms with van der Waals surface area (Å²) >= 11 is 12.1. The highest BCUT2D eigenvalue weighted by Gasteiger charge is 2.47. The van der Waals surface area contributed by atoms with Crippen molar-refractivity contribution in [2.75, 3.05) is 4.90 Å². The summed E-state index contributed by atoms with van der Waals surface area (Å²) in [6, 6.07) is 13.4. The van der Waals surface area contributed by atoms with Crippen molar-refractivity contribution >= 4 is 46.3 Å². The summed E-state index contributed by atoms with van der Waals surface area (Å²) < 4.78 is 13.7. The number of hydrogen-bond acceptors (Lipinski definition) is 4. The van der Waals surface area contributed by atoms with E-state index >= 15 is 0 Å². The summed E-state index contributed by atoms with van der Waals surface area (Å²) in [4.78, 5) is 27.3. The summed E-state index contributed by atoms with van der Waals surface area (Å²) in [5.41, 5.74) is 1.04. The number of ketones is 1. The number of halogens is 3. The molecule has 1 aliphatic rings. The molecule has 5 nitrogen and oxygen atoms in total. The predicted octanol–water partition coefficient (Wildman–Crippen LogP) is 5.77. The van der Waals surface area contributed by atoms with Gasteiger partial charge in [-0.2, -0.15) is 0 Å². The van der Waals surface area contributed by atoms with Crippen molar-refractivity contribution in [1.29, 1.82) is 0 Å². The first kappa shape index (κ1) is 21.9. The smallest absolute Gasteiger partial charge is 0.300 e. The van der Waals surface area contributed by atoms with E-state index in [9.17, 15) is 24.2 Å². The number of aliphatic hydroxyl groups excluding tert-OH is 1. The van der Waals surface area contributed by atoms with Gasteiger partial charge in [-0.25, -0.2) is 4.39 Å². The highest BCUT2D eigenvalue weighted by molar-refractivity contribution is 6.51. The molecular formula is C24H16Cl2FNO4. The predicted molar refractivity (Wildman–Crippen MR) is 120 cm³/mol. The molecule has 1 saturated heterocycles. The summed E-state index contributed by atoms with van der Waals surface area (Å²) in [5, 5.41) is 21.3. The second-order valence-electron chi connectivity index (χ2n) is 7.32. The molecule has 0 spiro atoms. The Kier molecular flexibility index (Phi) is 5.67. The van der Waals surface area contributed by atoms with Crippen LogP contribution in [0.3, 0.4) is 0 Å². The van der Waals surface area contributed by atoms with E-state index in [2.05, 4.69) is 0 Å². The molecule has 162 valence electrons. The zero-order valence-electron chi connectivity index (χ0n) is 16.6. The monoisotopic (exact) mass is 471 g/mol. The highest BCUT2D eigenvalue weighted by atomic mass is 35.5. The van der Waals surface area contributed by atoms with Gasteiger partial charge in [-0.1, -0.05) is 29.3 Å². The Hall–Kier alpha value is -3.35. The van der Waals surface area contributed by atoms with Gasteiger partial charge in [0.1, 0.15) is 17.3 Å². The molecule has 4 rings (SSSR count). The second-order valence-corrected chi connectivity index (χ2v) is 8.16. The Morgan fingerprint density at radius 2 is 1.69 bits per heavy atom. The van der Waals surface area contributed by atoms with E-state index < -0.39 is 29.3 Å². The normalized spacial score (nSPS) is 17.8. The van der Waals surface area contributed by atoms with Crippen molar-refractivity contribution in [3.05, 3.63) is 98.8 Å². The van der Waals surface area contributed by atoms with Crippen molar-refractivity contribution in [3.8, 4) is 5.75 Å². The fourth-order valence-electron chi connectivity index (χ4n) is 3.66. The number of aliphatic hydroxyl groups is 1. The molecule has 1 fully saturated rings. The number of nitrogens with zero attached hydrogens (tertiary/aromatic N) is 1. The minimum absolute atomic E-state index is 0.0156. The lowest BCUT2D eigenvalue weighted by molar-refractivity contribution is -0.132. The molecule has 32 heavy (non-hydrogen) atoms. The van der Waals surface area contributed by atoms with E-state index in [1.807, 2.05) is 0 Å². The van der Waals surface area contributed by atoms with Crippen molar-refractivity contribution in [3.63, 3.8) is 0 Å². The van der Waals surface area contributed by atoms with Crippen LogP contribution in [0.15, 0.2) is 66.2 Å². The number of Topliss-reactive ketones (excluding diaryl/α,β-unsaturated/α-hetero) is 1. The van der Waals surface area contributed by atoms with E-state index in [4.69, 9.17) is 23.2 Å². The Morgan fingerprint density at radius 1 is 1.00 bits per heavy atom. The molecule has 0 aromatic heterocycles. The first-order chi connectivity index (χ1) is 15.2. The largest absolute Gasteiger partial charge is 0.507 e. The number of rotatable bonds is 3. The van der Waals surface area contributed by atoms with Gasteiger partial charge in [-0.15, -0.1) is 0 Å². The van der Waals surface area contributed by atoms with Gasteiger partial charge in [0, 0.05) is 16.3 Å². The van der Waals surface area contributed by atoms with Crippen LogP contribution in [0, 0.1) is 12.7 Å². The van der Waals surface area contributed by atoms with Crippen LogP contribution in [-0.2, 0) is 9.59 Å². The van der Waals surface area contributed by atoms with E-state index in [1.165, 1.54) is 48.2 Å². The first-order valence-corrected chi connectivity index (χ1v) is 10.3. The van der Waals surface area contributed by atoms with Crippen LogP contribution < -0.4 is 4.90 Å². The number of aryl methyl sites for hydroxylation is 1. The van der Waals surface area contributed by atoms with E-state index in [0.717, 1.165) is 0 Å². The van der Waals surface area contributed by atoms with Crippen LogP contribution in [-0.4, -0.2) is 21.9 Å². The number of amides is 1. The summed E-state index contributed by atoms with van der Waals surface area (Å²) in [6.07, 6.45) is 0. The summed E-state index contributed by atoms with van der Waals surface area (Å²) in [7, 11) is 0. The van der Waals surface area contributed by atoms with E-state index in [0.29, 0.717) is 16.3 Å². The molecule has 0 saturated carbocycles. The van der Waals surface area contributed by atoms with Crippen molar-refractivity contribution in [2.24, 2.45) is 0 Å². The Balaban J connectivity index is 1.97. The molecule has 0 radical (unpaired) electrons. The van der Waals surface area contributed by atoms with Crippen LogP contribution in [0.2, 0.25) is 10.0 Å². The number of phenols is 1. The topological polar surface area (TPSA) is 77.8 Å². The fourth-order valence-corrected chi connectivity index (χ4v) is 3.97. The van der Waals surface area contributed by atoms with Gasteiger partial charge in [0.25, 0.3) is 11.7 Å². The SMILES string of the molecule is Cc1cc(/C(O)=C2/C(=O)C(=O)N(c3ccc(Cl)cc3)C2c2ccc(O)c(Cl)c2)ccc1F. The van der Waals surface area contributed by atoms with Crippen LogP contribution in [0.4, 0.5) is 10.1 Å². The Morgan fingerprint density at radius 3 is 2.31 bits per heavy atom. The fraction of sp³-hybridized carbons (Fsp3) is 0.0833. The molecule has 1 heterocycles. The van der Waals surface area contributed by atoms with Gasteiger partial charge in [0.15, 0.2) is 0 Å². The number of benzene rings is 3. The van der Waals surface area contributed by atoms with Crippen molar-refractivity contribution in [2.45, 2.75) is 13.0 Å². The molecule has 3 aromatic carbocycles. The standard InChI is InChI=1S/C24H16Cl2FNO4/c1-12-10-14(2-8-18(12)27)22(30)20-21(13-3-9-19(29)17(26)11-13)28(24(32)23(20)31)16-6-4-15(25)5-7-16/h2-11,21,29-30H,1H3/b22-20-. The van der Waals surface area contributed by atoms with Gasteiger partial charge >= 0.3 is 0 Å². The van der Waals surface area contributed by atoms with Crippen LogP contribution in [0.5, 0.6) is 5.75 Å². The lowest BCUT2D eigenvalue weighted by atomic mass is 9.94. The van der Waals surface area contributed by atoms with Gasteiger partial charge in [0.2, 0.25) is 0 Å². The minimum Gasteiger partial charge on any atom is -0.507 e. The van der Waals surface area contributed by atoms with Gasteiger partial charge in [-0.05, 0) is 72.6 Å². The van der Waals surface area contributed by atoms with Crippen LogP contribution in [0.1, 0.15) is 22.7 Å². The molecular weight excluding hydrogens is 456 g/mol. The molecule has 1 atom stereocenters. The average molecular weight is 472 g/mol. The Labute approximate surface area is 192 Å². The second kappa shape index (κ2) is 8.30.